The van der Waals surface area contributed by atoms with Crippen LogP contribution >= 0.6 is 24.0 Å². The maximum atomic E-state index is 11.6. The highest BCUT2D eigenvalue weighted by Gasteiger charge is 2.24. The first-order valence-corrected chi connectivity index (χ1v) is 12.0. The Kier molecular flexibility index (Phi) is 12.9. The first-order valence-electron chi connectivity index (χ1n) is 10.2. The third kappa shape index (κ3) is 10.0. The van der Waals surface area contributed by atoms with Crippen molar-refractivity contribution in [2.45, 2.75) is 45.1 Å². The molecule has 0 aliphatic carbocycles. The van der Waals surface area contributed by atoms with Gasteiger partial charge in [-0.15, -0.1) is 24.0 Å². The molecular formula is C18H37IN4O4S. The van der Waals surface area contributed by atoms with E-state index in [2.05, 4.69) is 15.6 Å². The minimum atomic E-state index is -3.06. The number of ether oxygens (including phenoxy) is 2. The van der Waals surface area contributed by atoms with E-state index in [-0.39, 0.29) is 30.1 Å². The topological polar surface area (TPSA) is 92.3 Å². The summed E-state index contributed by atoms with van der Waals surface area (Å²) in [5.74, 6) is 1.26. The van der Waals surface area contributed by atoms with Crippen molar-refractivity contribution in [1.82, 2.24) is 14.9 Å². The molecule has 2 heterocycles. The van der Waals surface area contributed by atoms with Gasteiger partial charge in [-0.2, -0.15) is 0 Å². The second kappa shape index (κ2) is 13.9. The average Bonchev–Trinajstić information content (AvgIpc) is 3.15. The van der Waals surface area contributed by atoms with Crippen molar-refractivity contribution < 1.29 is 17.9 Å². The minimum Gasteiger partial charge on any atom is -0.379 e. The van der Waals surface area contributed by atoms with Gasteiger partial charge in [0, 0.05) is 45.9 Å². The monoisotopic (exact) mass is 532 g/mol. The molecule has 2 rings (SSSR count). The van der Waals surface area contributed by atoms with Crippen LogP contribution in [0.15, 0.2) is 4.99 Å². The molecule has 2 N–H and O–H groups in total. The van der Waals surface area contributed by atoms with Crippen molar-refractivity contribution in [2.24, 2.45) is 10.9 Å². The third-order valence-electron chi connectivity index (χ3n) is 4.98. The predicted molar refractivity (Wildman–Crippen MR) is 123 cm³/mol. The number of hydrogen-bond donors (Lipinski definition) is 2. The van der Waals surface area contributed by atoms with Gasteiger partial charge >= 0.3 is 0 Å². The third-order valence-corrected chi connectivity index (χ3v) is 6.28. The van der Waals surface area contributed by atoms with E-state index >= 15 is 0 Å². The number of nitrogens with zero attached hydrogens (tertiary/aromatic N) is 2. The van der Waals surface area contributed by atoms with Crippen molar-refractivity contribution >= 4 is 40.0 Å². The molecule has 1 atom stereocenters. The van der Waals surface area contributed by atoms with E-state index in [9.17, 15) is 8.42 Å². The Labute approximate surface area is 187 Å². The number of halogens is 1. The summed E-state index contributed by atoms with van der Waals surface area (Å²) >= 11 is 0. The highest BCUT2D eigenvalue weighted by atomic mass is 127. The lowest BCUT2D eigenvalue weighted by Crippen LogP contribution is -2.40. The lowest BCUT2D eigenvalue weighted by atomic mass is 9.98. The zero-order valence-corrected chi connectivity index (χ0v) is 20.3. The highest BCUT2D eigenvalue weighted by Crippen LogP contribution is 2.19. The first kappa shape index (κ1) is 25.9. The highest BCUT2D eigenvalue weighted by molar-refractivity contribution is 14.0. The van der Waals surface area contributed by atoms with Gasteiger partial charge in [0.1, 0.15) is 0 Å². The van der Waals surface area contributed by atoms with E-state index in [1.807, 2.05) is 6.92 Å². The van der Waals surface area contributed by atoms with Gasteiger partial charge in [-0.05, 0) is 44.9 Å². The van der Waals surface area contributed by atoms with E-state index in [4.69, 9.17) is 9.47 Å². The van der Waals surface area contributed by atoms with Crippen LogP contribution in [-0.2, 0) is 19.5 Å². The van der Waals surface area contributed by atoms with Crippen molar-refractivity contribution in [3.05, 3.63) is 0 Å². The Balaban J connectivity index is 0.00000392. The van der Waals surface area contributed by atoms with Crippen molar-refractivity contribution in [3.8, 4) is 0 Å². The van der Waals surface area contributed by atoms with Crippen LogP contribution in [0.4, 0.5) is 0 Å². The summed E-state index contributed by atoms with van der Waals surface area (Å²) < 4.78 is 35.9. The summed E-state index contributed by atoms with van der Waals surface area (Å²) in [7, 11) is -3.06. The molecular weight excluding hydrogens is 495 g/mol. The van der Waals surface area contributed by atoms with Crippen LogP contribution in [0.5, 0.6) is 0 Å². The Morgan fingerprint density at radius 1 is 1.25 bits per heavy atom. The number of piperidine rings is 1. The van der Waals surface area contributed by atoms with E-state index in [1.54, 1.807) is 4.31 Å². The van der Waals surface area contributed by atoms with Crippen LogP contribution in [0, 0.1) is 5.92 Å². The van der Waals surface area contributed by atoms with Crippen molar-refractivity contribution in [3.63, 3.8) is 0 Å². The number of guanidine groups is 1. The second-order valence-electron chi connectivity index (χ2n) is 7.32. The van der Waals surface area contributed by atoms with Gasteiger partial charge in [-0.25, -0.2) is 12.7 Å². The smallest absolute Gasteiger partial charge is 0.211 e. The number of nitrogens with one attached hydrogen (secondary N) is 2. The molecule has 2 fully saturated rings. The molecule has 28 heavy (non-hydrogen) atoms. The minimum absolute atomic E-state index is 0. The number of aliphatic imine (C=N–C) groups is 1. The zero-order chi connectivity index (χ0) is 19.5. The van der Waals surface area contributed by atoms with Gasteiger partial charge in [-0.1, -0.05) is 0 Å². The van der Waals surface area contributed by atoms with Crippen LogP contribution < -0.4 is 10.6 Å². The first-order chi connectivity index (χ1) is 13.0. The molecule has 2 aliphatic rings. The Morgan fingerprint density at radius 2 is 2.00 bits per heavy atom. The van der Waals surface area contributed by atoms with Crippen molar-refractivity contribution in [2.75, 3.05) is 58.8 Å². The lowest BCUT2D eigenvalue weighted by Gasteiger charge is -2.29. The molecule has 0 aromatic heterocycles. The van der Waals surface area contributed by atoms with Gasteiger partial charge < -0.3 is 20.1 Å². The molecule has 166 valence electrons. The van der Waals surface area contributed by atoms with E-state index < -0.39 is 10.0 Å². The zero-order valence-electron chi connectivity index (χ0n) is 17.2. The van der Waals surface area contributed by atoms with Crippen LogP contribution in [0.25, 0.3) is 0 Å². The van der Waals surface area contributed by atoms with Gasteiger partial charge in [0.2, 0.25) is 10.0 Å². The number of rotatable bonds is 10. The van der Waals surface area contributed by atoms with Gasteiger partial charge in [0.15, 0.2) is 5.96 Å². The van der Waals surface area contributed by atoms with Gasteiger partial charge in [-0.3, -0.25) is 4.99 Å². The van der Waals surface area contributed by atoms with E-state index in [0.29, 0.717) is 25.6 Å². The summed E-state index contributed by atoms with van der Waals surface area (Å²) in [5, 5.41) is 6.61. The van der Waals surface area contributed by atoms with E-state index in [0.717, 1.165) is 70.9 Å². The molecule has 0 aromatic carbocycles. The lowest BCUT2D eigenvalue weighted by molar-refractivity contribution is 0.0168. The molecule has 1 unspecified atom stereocenters. The van der Waals surface area contributed by atoms with Gasteiger partial charge in [0.25, 0.3) is 0 Å². The molecule has 10 heteroatoms. The molecule has 2 aliphatic heterocycles. The average molecular weight is 532 g/mol. The molecule has 0 radical (unpaired) electrons. The summed E-state index contributed by atoms with van der Waals surface area (Å²) in [5.41, 5.74) is 0. The molecule has 0 saturated carbocycles. The van der Waals surface area contributed by atoms with E-state index in [1.165, 1.54) is 6.26 Å². The number of sulfonamides is 1. The maximum Gasteiger partial charge on any atom is 0.211 e. The van der Waals surface area contributed by atoms with Crippen molar-refractivity contribution in [1.29, 1.82) is 0 Å². The fourth-order valence-corrected chi connectivity index (χ4v) is 4.23. The molecule has 8 nitrogen and oxygen atoms in total. The van der Waals surface area contributed by atoms with Crippen LogP contribution in [0.3, 0.4) is 0 Å². The fraction of sp³-hybridized carbons (Fsp3) is 0.944. The molecule has 0 aromatic rings. The summed E-state index contributed by atoms with van der Waals surface area (Å²) in [6.45, 7) is 7.88. The number of hydrogen-bond acceptors (Lipinski definition) is 5. The molecule has 0 bridgehead atoms. The largest absolute Gasteiger partial charge is 0.379 e. The summed E-state index contributed by atoms with van der Waals surface area (Å²) in [4.78, 5) is 4.67. The van der Waals surface area contributed by atoms with Crippen LogP contribution in [-0.4, -0.2) is 83.6 Å². The predicted octanol–water partition coefficient (Wildman–Crippen LogP) is 1.42. The fourth-order valence-electron chi connectivity index (χ4n) is 3.36. The Morgan fingerprint density at radius 3 is 2.61 bits per heavy atom. The second-order valence-corrected chi connectivity index (χ2v) is 9.30. The van der Waals surface area contributed by atoms with Crippen LogP contribution in [0.2, 0.25) is 0 Å². The molecule has 0 amide bonds. The Hall–Kier alpha value is -0.170. The van der Waals surface area contributed by atoms with Crippen LogP contribution in [0.1, 0.15) is 39.0 Å². The van der Waals surface area contributed by atoms with Gasteiger partial charge in [0.05, 0.1) is 19.0 Å². The molecule has 0 spiro atoms. The standard InChI is InChI=1S/C18H36N4O4S.HI/c1-3-19-18(20-9-5-12-25-15-17-6-4-13-26-17)21-14-16-7-10-22(11-8-16)27(2,23)24;/h16-17H,3-15H2,1-2H3,(H2,19,20,21);1H. The quantitative estimate of drug-likeness (QED) is 0.192. The Bertz CT molecular complexity index is 548. The summed E-state index contributed by atoms with van der Waals surface area (Å²) in [6.07, 6.45) is 6.47. The molecule has 2 saturated heterocycles. The SMILES string of the molecule is CCNC(=NCC1CCN(S(C)(=O)=O)CC1)NCCCOCC1CCCO1.I. The normalized spacial score (nSPS) is 22.1. The summed E-state index contributed by atoms with van der Waals surface area (Å²) in [6, 6.07) is 0. The maximum absolute atomic E-state index is 11.6.